The van der Waals surface area contributed by atoms with Crippen LogP contribution in [0.3, 0.4) is 0 Å². The summed E-state index contributed by atoms with van der Waals surface area (Å²) < 4.78 is 0. The van der Waals surface area contributed by atoms with E-state index in [9.17, 15) is 0 Å². The summed E-state index contributed by atoms with van der Waals surface area (Å²) in [5, 5.41) is 0. The largest absolute Gasteiger partial charge is 0.370 e. The van der Waals surface area contributed by atoms with Gasteiger partial charge in [0, 0.05) is 6.04 Å². The van der Waals surface area contributed by atoms with E-state index in [0.717, 1.165) is 18.9 Å². The second kappa shape index (κ2) is 4.20. The van der Waals surface area contributed by atoms with Gasteiger partial charge in [0.25, 0.3) is 0 Å². The molecule has 3 nitrogen and oxygen atoms in total. The number of guanidine groups is 1. The molecule has 1 aliphatic rings. The normalized spacial score (nSPS) is 27.2. The first-order valence-electron chi connectivity index (χ1n) is 5.66. The molecule has 2 N–H and O–H groups in total. The fourth-order valence-corrected chi connectivity index (χ4v) is 2.56. The van der Waals surface area contributed by atoms with Crippen molar-refractivity contribution in [3.8, 4) is 0 Å². The molecule has 14 heavy (non-hydrogen) atoms. The molecule has 0 bridgehead atoms. The van der Waals surface area contributed by atoms with Crippen molar-refractivity contribution in [2.75, 3.05) is 6.54 Å². The Balaban J connectivity index is 2.87. The molecule has 0 aromatic rings. The third kappa shape index (κ3) is 1.72. The van der Waals surface area contributed by atoms with Crippen LogP contribution in [0, 0.1) is 0 Å². The van der Waals surface area contributed by atoms with Gasteiger partial charge in [0.15, 0.2) is 5.96 Å². The van der Waals surface area contributed by atoms with Gasteiger partial charge in [0.05, 0.1) is 12.1 Å². The van der Waals surface area contributed by atoms with Gasteiger partial charge in [-0.2, -0.15) is 0 Å². The first-order valence-corrected chi connectivity index (χ1v) is 5.66. The monoisotopic (exact) mass is 197 g/mol. The van der Waals surface area contributed by atoms with Crippen molar-refractivity contribution in [3.63, 3.8) is 0 Å². The van der Waals surface area contributed by atoms with Gasteiger partial charge >= 0.3 is 0 Å². The molecule has 0 aliphatic carbocycles. The van der Waals surface area contributed by atoms with E-state index >= 15 is 0 Å². The van der Waals surface area contributed by atoms with Crippen molar-refractivity contribution >= 4 is 5.96 Å². The lowest BCUT2D eigenvalue weighted by molar-refractivity contribution is 0.145. The highest BCUT2D eigenvalue weighted by Crippen LogP contribution is 2.31. The molecule has 0 saturated heterocycles. The van der Waals surface area contributed by atoms with Crippen LogP contribution in [0.4, 0.5) is 0 Å². The minimum Gasteiger partial charge on any atom is -0.370 e. The van der Waals surface area contributed by atoms with Crippen LogP contribution in [-0.2, 0) is 0 Å². The first kappa shape index (κ1) is 11.3. The summed E-state index contributed by atoms with van der Waals surface area (Å²) in [5.74, 6) is 0.732. The zero-order valence-electron chi connectivity index (χ0n) is 9.88. The van der Waals surface area contributed by atoms with Crippen LogP contribution < -0.4 is 5.73 Å². The number of nitrogens with two attached hydrogens (primary N) is 1. The minimum absolute atomic E-state index is 0.201. The van der Waals surface area contributed by atoms with E-state index in [2.05, 4.69) is 37.6 Å². The van der Waals surface area contributed by atoms with Gasteiger partial charge in [-0.3, -0.25) is 4.99 Å². The summed E-state index contributed by atoms with van der Waals surface area (Å²) in [4.78, 5) is 6.70. The Hall–Kier alpha value is -0.730. The minimum atomic E-state index is 0.201. The van der Waals surface area contributed by atoms with Gasteiger partial charge in [-0.05, 0) is 26.7 Å². The van der Waals surface area contributed by atoms with Gasteiger partial charge < -0.3 is 10.6 Å². The van der Waals surface area contributed by atoms with E-state index in [1.807, 2.05) is 0 Å². The maximum absolute atomic E-state index is 5.94. The average Bonchev–Trinajstić information content (AvgIpc) is 2.44. The number of aliphatic imine (C=N–C) groups is 1. The van der Waals surface area contributed by atoms with Crippen molar-refractivity contribution < 1.29 is 0 Å². The number of hydrogen-bond donors (Lipinski definition) is 1. The lowest BCUT2D eigenvalue weighted by Crippen LogP contribution is -2.54. The van der Waals surface area contributed by atoms with Gasteiger partial charge in [-0.15, -0.1) is 0 Å². The van der Waals surface area contributed by atoms with Crippen molar-refractivity contribution in [2.45, 2.75) is 58.5 Å². The van der Waals surface area contributed by atoms with Crippen LogP contribution in [0.5, 0.6) is 0 Å². The molecule has 1 rings (SSSR count). The molecule has 1 heterocycles. The zero-order valence-corrected chi connectivity index (χ0v) is 9.88. The third-order valence-corrected chi connectivity index (χ3v) is 3.18. The molecule has 0 radical (unpaired) electrons. The van der Waals surface area contributed by atoms with Gasteiger partial charge in [0.1, 0.15) is 0 Å². The van der Waals surface area contributed by atoms with Gasteiger partial charge in [0.2, 0.25) is 0 Å². The Morgan fingerprint density at radius 1 is 1.50 bits per heavy atom. The molecule has 0 aromatic carbocycles. The highest BCUT2D eigenvalue weighted by molar-refractivity contribution is 5.81. The quantitative estimate of drug-likeness (QED) is 0.748. The second-order valence-corrected chi connectivity index (χ2v) is 4.47. The summed E-state index contributed by atoms with van der Waals surface area (Å²) in [7, 11) is 0. The highest BCUT2D eigenvalue weighted by Gasteiger charge is 2.40. The van der Waals surface area contributed by atoms with Crippen molar-refractivity contribution in [1.82, 2.24) is 4.90 Å². The molecular weight excluding hydrogens is 174 g/mol. The van der Waals surface area contributed by atoms with Crippen LogP contribution in [0.15, 0.2) is 4.99 Å². The predicted octanol–water partition coefficient (Wildman–Crippen LogP) is 1.97. The Bertz CT molecular complexity index is 223. The number of rotatable bonds is 4. The Labute approximate surface area is 87.4 Å². The molecule has 1 aliphatic heterocycles. The maximum atomic E-state index is 5.94. The average molecular weight is 197 g/mol. The summed E-state index contributed by atoms with van der Waals surface area (Å²) in [5.41, 5.74) is 6.14. The van der Waals surface area contributed by atoms with Crippen LogP contribution in [0.2, 0.25) is 0 Å². The van der Waals surface area contributed by atoms with Crippen molar-refractivity contribution in [3.05, 3.63) is 0 Å². The number of hydrogen-bond acceptors (Lipinski definition) is 3. The third-order valence-electron chi connectivity index (χ3n) is 3.18. The van der Waals surface area contributed by atoms with E-state index in [1.54, 1.807) is 0 Å². The standard InChI is InChI=1S/C11H23N3/c1-5-7-11(6-2)8-13-10(12)14(11)9(3)4/h9H,5-8H2,1-4H3,(H2,12,13). The lowest BCUT2D eigenvalue weighted by atomic mass is 9.89. The molecule has 0 fully saturated rings. The van der Waals surface area contributed by atoms with Crippen LogP contribution in [0.25, 0.3) is 0 Å². The lowest BCUT2D eigenvalue weighted by Gasteiger charge is -2.41. The van der Waals surface area contributed by atoms with Crippen molar-refractivity contribution in [2.24, 2.45) is 10.7 Å². The summed E-state index contributed by atoms with van der Waals surface area (Å²) in [6, 6.07) is 0.452. The van der Waals surface area contributed by atoms with E-state index in [-0.39, 0.29) is 5.54 Å². The molecule has 1 unspecified atom stereocenters. The van der Waals surface area contributed by atoms with Crippen LogP contribution >= 0.6 is 0 Å². The Kier molecular flexibility index (Phi) is 3.40. The molecule has 0 aromatic heterocycles. The van der Waals surface area contributed by atoms with E-state index in [0.29, 0.717) is 6.04 Å². The molecule has 82 valence electrons. The topological polar surface area (TPSA) is 41.6 Å². The van der Waals surface area contributed by atoms with E-state index in [4.69, 9.17) is 5.73 Å². The second-order valence-electron chi connectivity index (χ2n) is 4.47. The SMILES string of the molecule is CCCC1(CC)CN=C(N)N1C(C)C. The maximum Gasteiger partial charge on any atom is 0.192 e. The number of nitrogens with zero attached hydrogens (tertiary/aromatic N) is 2. The molecule has 3 heteroatoms. The molecule has 1 atom stereocenters. The Morgan fingerprint density at radius 3 is 2.57 bits per heavy atom. The molecule has 0 saturated carbocycles. The summed E-state index contributed by atoms with van der Waals surface area (Å²) in [6.07, 6.45) is 3.51. The Morgan fingerprint density at radius 2 is 2.14 bits per heavy atom. The van der Waals surface area contributed by atoms with Gasteiger partial charge in [-0.25, -0.2) is 0 Å². The van der Waals surface area contributed by atoms with Crippen LogP contribution in [-0.4, -0.2) is 29.0 Å². The fourth-order valence-electron chi connectivity index (χ4n) is 2.56. The highest BCUT2D eigenvalue weighted by atomic mass is 15.4. The van der Waals surface area contributed by atoms with E-state index in [1.165, 1.54) is 12.8 Å². The van der Waals surface area contributed by atoms with E-state index < -0.39 is 0 Å². The summed E-state index contributed by atoms with van der Waals surface area (Å²) in [6.45, 7) is 9.71. The van der Waals surface area contributed by atoms with Crippen molar-refractivity contribution in [1.29, 1.82) is 0 Å². The van der Waals surface area contributed by atoms with Crippen LogP contribution in [0.1, 0.15) is 47.0 Å². The smallest absolute Gasteiger partial charge is 0.192 e. The summed E-state index contributed by atoms with van der Waals surface area (Å²) >= 11 is 0. The van der Waals surface area contributed by atoms with Gasteiger partial charge in [-0.1, -0.05) is 20.3 Å². The first-order chi connectivity index (χ1) is 6.57. The fraction of sp³-hybridized carbons (Fsp3) is 0.909. The molecular formula is C11H23N3. The molecule has 0 spiro atoms. The predicted molar refractivity (Wildman–Crippen MR) is 61.4 cm³/mol. The zero-order chi connectivity index (χ0) is 10.8. The molecule has 0 amide bonds.